The van der Waals surface area contributed by atoms with E-state index in [1.807, 2.05) is 0 Å². The SMILES string of the molecule is BrCCCC1CCCN1c1ccc2ccccc2n1. The molecule has 1 fully saturated rings. The van der Waals surface area contributed by atoms with E-state index in [1.54, 1.807) is 0 Å². The van der Waals surface area contributed by atoms with E-state index in [0.717, 1.165) is 23.2 Å². The molecule has 0 aliphatic carbocycles. The summed E-state index contributed by atoms with van der Waals surface area (Å²) in [6, 6.07) is 13.4. The first-order chi connectivity index (χ1) is 9.38. The van der Waals surface area contributed by atoms with Crippen LogP contribution in [0.15, 0.2) is 36.4 Å². The summed E-state index contributed by atoms with van der Waals surface area (Å²) in [6.45, 7) is 1.15. The molecular weight excluding hydrogens is 300 g/mol. The molecule has 2 heterocycles. The molecule has 0 saturated carbocycles. The van der Waals surface area contributed by atoms with Gasteiger partial charge in [-0.2, -0.15) is 0 Å². The average Bonchev–Trinajstić information content (AvgIpc) is 2.93. The van der Waals surface area contributed by atoms with Crippen molar-refractivity contribution in [3.8, 4) is 0 Å². The Morgan fingerprint density at radius 3 is 3.00 bits per heavy atom. The number of anilines is 1. The van der Waals surface area contributed by atoms with E-state index < -0.39 is 0 Å². The monoisotopic (exact) mass is 318 g/mol. The van der Waals surface area contributed by atoms with E-state index in [1.165, 1.54) is 31.1 Å². The lowest BCUT2D eigenvalue weighted by molar-refractivity contribution is 0.601. The third kappa shape index (κ3) is 2.76. The summed E-state index contributed by atoms with van der Waals surface area (Å²) in [4.78, 5) is 7.32. The fraction of sp³-hybridized carbons (Fsp3) is 0.438. The summed E-state index contributed by atoms with van der Waals surface area (Å²) < 4.78 is 0. The second kappa shape index (κ2) is 5.91. The second-order valence-corrected chi connectivity index (χ2v) is 5.98. The standard InChI is InChI=1S/C16H19BrN2/c17-11-3-6-14-7-4-12-19(14)16-10-9-13-5-1-2-8-15(13)18-16/h1-2,5,8-10,14H,3-4,6-7,11-12H2. The highest BCUT2D eigenvalue weighted by Crippen LogP contribution is 2.28. The molecule has 1 atom stereocenters. The van der Waals surface area contributed by atoms with Crippen LogP contribution in [-0.2, 0) is 0 Å². The molecule has 1 unspecified atom stereocenters. The molecule has 2 aromatic rings. The third-order valence-electron chi connectivity index (χ3n) is 3.93. The Labute approximate surface area is 123 Å². The molecule has 3 heteroatoms. The topological polar surface area (TPSA) is 16.1 Å². The molecule has 1 aromatic carbocycles. The molecular formula is C16H19BrN2. The molecule has 0 radical (unpaired) electrons. The van der Waals surface area contributed by atoms with Gasteiger partial charge in [0.05, 0.1) is 5.52 Å². The zero-order chi connectivity index (χ0) is 13.1. The molecule has 0 spiro atoms. The lowest BCUT2D eigenvalue weighted by Crippen LogP contribution is -2.29. The van der Waals surface area contributed by atoms with Crippen LogP contribution in [0.1, 0.15) is 25.7 Å². The Balaban J connectivity index is 1.86. The van der Waals surface area contributed by atoms with Gasteiger partial charge in [-0.1, -0.05) is 34.1 Å². The van der Waals surface area contributed by atoms with Crippen molar-refractivity contribution in [1.82, 2.24) is 4.98 Å². The zero-order valence-electron chi connectivity index (χ0n) is 11.1. The molecule has 1 aliphatic rings. The predicted octanol–water partition coefficient (Wildman–Crippen LogP) is 4.38. The van der Waals surface area contributed by atoms with E-state index in [2.05, 4.69) is 57.2 Å². The van der Waals surface area contributed by atoms with Crippen LogP contribution in [0.25, 0.3) is 10.9 Å². The maximum Gasteiger partial charge on any atom is 0.129 e. The van der Waals surface area contributed by atoms with Crippen molar-refractivity contribution in [2.24, 2.45) is 0 Å². The quantitative estimate of drug-likeness (QED) is 0.778. The van der Waals surface area contributed by atoms with E-state index in [0.29, 0.717) is 6.04 Å². The highest BCUT2D eigenvalue weighted by Gasteiger charge is 2.24. The lowest BCUT2D eigenvalue weighted by Gasteiger charge is -2.25. The van der Waals surface area contributed by atoms with Crippen LogP contribution in [0.3, 0.4) is 0 Å². The Bertz CT molecular complexity index is 555. The molecule has 0 N–H and O–H groups in total. The third-order valence-corrected chi connectivity index (χ3v) is 4.49. The molecule has 2 nitrogen and oxygen atoms in total. The maximum atomic E-state index is 4.83. The number of hydrogen-bond acceptors (Lipinski definition) is 2. The maximum absolute atomic E-state index is 4.83. The van der Waals surface area contributed by atoms with Gasteiger partial charge in [-0.05, 0) is 43.9 Å². The van der Waals surface area contributed by atoms with Crippen molar-refractivity contribution in [2.45, 2.75) is 31.7 Å². The van der Waals surface area contributed by atoms with E-state index in [4.69, 9.17) is 4.98 Å². The molecule has 0 bridgehead atoms. The molecule has 19 heavy (non-hydrogen) atoms. The van der Waals surface area contributed by atoms with Crippen LogP contribution in [0.4, 0.5) is 5.82 Å². The van der Waals surface area contributed by atoms with Gasteiger partial charge in [-0.25, -0.2) is 4.98 Å². The van der Waals surface area contributed by atoms with Crippen molar-refractivity contribution in [3.05, 3.63) is 36.4 Å². The van der Waals surface area contributed by atoms with Crippen LogP contribution < -0.4 is 4.90 Å². The number of nitrogens with zero attached hydrogens (tertiary/aromatic N) is 2. The van der Waals surface area contributed by atoms with Gasteiger partial charge in [-0.3, -0.25) is 0 Å². The van der Waals surface area contributed by atoms with Gasteiger partial charge in [0, 0.05) is 23.3 Å². The highest BCUT2D eigenvalue weighted by molar-refractivity contribution is 9.09. The fourth-order valence-electron chi connectivity index (χ4n) is 2.97. The summed E-state index contributed by atoms with van der Waals surface area (Å²) in [6.07, 6.45) is 5.11. The number of pyridine rings is 1. The van der Waals surface area contributed by atoms with Gasteiger partial charge in [0.25, 0.3) is 0 Å². The van der Waals surface area contributed by atoms with Gasteiger partial charge >= 0.3 is 0 Å². The Hall–Kier alpha value is -1.09. The minimum absolute atomic E-state index is 0.672. The molecule has 1 aromatic heterocycles. The van der Waals surface area contributed by atoms with Gasteiger partial charge in [-0.15, -0.1) is 0 Å². The van der Waals surface area contributed by atoms with Gasteiger partial charge in [0.1, 0.15) is 5.82 Å². The van der Waals surface area contributed by atoms with E-state index in [-0.39, 0.29) is 0 Å². The number of alkyl halides is 1. The van der Waals surface area contributed by atoms with Crippen molar-refractivity contribution in [3.63, 3.8) is 0 Å². The number of fused-ring (bicyclic) bond motifs is 1. The van der Waals surface area contributed by atoms with E-state index >= 15 is 0 Å². The number of rotatable bonds is 4. The number of para-hydroxylation sites is 1. The minimum Gasteiger partial charge on any atom is -0.354 e. The van der Waals surface area contributed by atoms with Crippen LogP contribution in [0.5, 0.6) is 0 Å². The first-order valence-corrected chi connectivity index (χ1v) is 8.19. The van der Waals surface area contributed by atoms with Crippen LogP contribution >= 0.6 is 15.9 Å². The van der Waals surface area contributed by atoms with Crippen molar-refractivity contribution >= 4 is 32.7 Å². The van der Waals surface area contributed by atoms with Crippen LogP contribution in [0, 0.1) is 0 Å². The molecule has 1 saturated heterocycles. The number of aromatic nitrogens is 1. The summed E-state index contributed by atoms with van der Waals surface area (Å²) >= 11 is 3.53. The van der Waals surface area contributed by atoms with Crippen molar-refractivity contribution in [1.29, 1.82) is 0 Å². The summed E-state index contributed by atoms with van der Waals surface area (Å²) in [5.41, 5.74) is 1.10. The highest BCUT2D eigenvalue weighted by atomic mass is 79.9. The zero-order valence-corrected chi connectivity index (χ0v) is 12.6. The van der Waals surface area contributed by atoms with Gasteiger partial charge in [0.15, 0.2) is 0 Å². The van der Waals surface area contributed by atoms with Crippen molar-refractivity contribution < 1.29 is 0 Å². The fourth-order valence-corrected chi connectivity index (χ4v) is 3.29. The second-order valence-electron chi connectivity index (χ2n) is 5.18. The van der Waals surface area contributed by atoms with Gasteiger partial charge < -0.3 is 4.90 Å². The molecule has 3 rings (SSSR count). The number of benzene rings is 1. The van der Waals surface area contributed by atoms with Gasteiger partial charge in [0.2, 0.25) is 0 Å². The smallest absolute Gasteiger partial charge is 0.129 e. The van der Waals surface area contributed by atoms with Crippen LogP contribution in [-0.4, -0.2) is 22.9 Å². The molecule has 0 amide bonds. The van der Waals surface area contributed by atoms with Crippen molar-refractivity contribution in [2.75, 3.05) is 16.8 Å². The molecule has 1 aliphatic heterocycles. The van der Waals surface area contributed by atoms with Crippen LogP contribution in [0.2, 0.25) is 0 Å². The largest absolute Gasteiger partial charge is 0.354 e. The Morgan fingerprint density at radius 2 is 2.11 bits per heavy atom. The normalized spacial score (nSPS) is 19.2. The lowest BCUT2D eigenvalue weighted by atomic mass is 10.1. The summed E-state index contributed by atoms with van der Waals surface area (Å²) in [5, 5.41) is 2.32. The Morgan fingerprint density at radius 1 is 1.21 bits per heavy atom. The summed E-state index contributed by atoms with van der Waals surface area (Å²) in [7, 11) is 0. The summed E-state index contributed by atoms with van der Waals surface area (Å²) in [5.74, 6) is 1.15. The average molecular weight is 319 g/mol. The Kier molecular flexibility index (Phi) is 4.02. The molecule has 100 valence electrons. The van der Waals surface area contributed by atoms with E-state index in [9.17, 15) is 0 Å². The predicted molar refractivity (Wildman–Crippen MR) is 85.1 cm³/mol. The first-order valence-electron chi connectivity index (χ1n) is 7.07. The minimum atomic E-state index is 0.672. The number of hydrogen-bond donors (Lipinski definition) is 0. The number of halogens is 1. The first kappa shape index (κ1) is 12.9.